The molecule has 0 atom stereocenters. The number of carbonyl (C=O) groups is 2. The number of hydrogen-bond acceptors (Lipinski definition) is 5. The molecule has 0 unspecified atom stereocenters. The molecule has 7 heteroatoms. The lowest BCUT2D eigenvalue weighted by Crippen LogP contribution is -2.30. The van der Waals surface area contributed by atoms with E-state index in [0.717, 1.165) is 17.3 Å². The Morgan fingerprint density at radius 1 is 1.43 bits per heavy atom. The lowest BCUT2D eigenvalue weighted by Gasteiger charge is -2.12. The second kappa shape index (κ2) is 7.81. The van der Waals surface area contributed by atoms with Crippen LogP contribution in [0.2, 0.25) is 0 Å². The average molecular weight is 347 g/mol. The fourth-order valence-corrected chi connectivity index (χ4v) is 3.15. The number of carboxylic acids is 1. The number of aliphatic carboxylic acids is 1. The van der Waals surface area contributed by atoms with Gasteiger partial charge in [0.25, 0.3) is 5.91 Å². The molecule has 1 saturated heterocycles. The molecule has 0 saturated carbocycles. The van der Waals surface area contributed by atoms with E-state index >= 15 is 0 Å². The lowest BCUT2D eigenvalue weighted by molar-refractivity contribution is -0.137. The molecular weight excluding hydrogens is 334 g/mol. The first-order valence-electron chi connectivity index (χ1n) is 6.64. The van der Waals surface area contributed by atoms with Crippen LogP contribution < -0.4 is 4.74 Å². The van der Waals surface area contributed by atoms with Gasteiger partial charge >= 0.3 is 5.97 Å². The molecule has 23 heavy (non-hydrogen) atoms. The molecule has 0 radical (unpaired) electrons. The predicted octanol–water partition coefficient (Wildman–Crippen LogP) is 2.37. The van der Waals surface area contributed by atoms with Crippen molar-refractivity contribution in [1.82, 2.24) is 4.90 Å². The third kappa shape index (κ3) is 4.58. The molecule has 1 aromatic rings. The van der Waals surface area contributed by atoms with Crippen LogP contribution in [0.25, 0.3) is 6.08 Å². The fraction of sp³-hybridized carbons (Fsp3) is 0.188. The number of hydrogen-bond donors (Lipinski definition) is 1. The molecule has 1 aliphatic rings. The van der Waals surface area contributed by atoms with Crippen molar-refractivity contribution in [1.29, 1.82) is 0 Å². The van der Waals surface area contributed by atoms with E-state index in [2.05, 4.69) is 5.92 Å². The van der Waals surface area contributed by atoms with Crippen LogP contribution >= 0.6 is 24.0 Å². The second-order valence-electron chi connectivity index (χ2n) is 4.54. The number of thioether (sulfide) groups is 1. The molecule has 0 bridgehead atoms. The molecule has 1 aromatic carbocycles. The summed E-state index contributed by atoms with van der Waals surface area (Å²) in [7, 11) is 0. The molecule has 1 N–H and O–H groups in total. The molecule has 5 nitrogen and oxygen atoms in total. The first-order chi connectivity index (χ1) is 11.0. The summed E-state index contributed by atoms with van der Waals surface area (Å²) in [6.45, 7) is 0.276. The molecule has 1 aliphatic heterocycles. The van der Waals surface area contributed by atoms with Crippen LogP contribution in [-0.2, 0) is 9.59 Å². The second-order valence-corrected chi connectivity index (χ2v) is 6.21. The van der Waals surface area contributed by atoms with Gasteiger partial charge in [0.05, 0.1) is 11.3 Å². The maximum atomic E-state index is 12.3. The Kier molecular flexibility index (Phi) is 5.79. The molecule has 1 heterocycles. The number of nitrogens with zero attached hydrogens (tertiary/aromatic N) is 1. The van der Waals surface area contributed by atoms with Gasteiger partial charge in [0.2, 0.25) is 0 Å². The van der Waals surface area contributed by atoms with Crippen LogP contribution in [0.1, 0.15) is 12.0 Å². The molecular formula is C16H13NO4S2. The van der Waals surface area contributed by atoms with E-state index in [1.54, 1.807) is 30.3 Å². The predicted molar refractivity (Wildman–Crippen MR) is 92.9 cm³/mol. The van der Waals surface area contributed by atoms with Crippen molar-refractivity contribution in [2.75, 3.05) is 13.2 Å². The van der Waals surface area contributed by atoms with Crippen molar-refractivity contribution >= 4 is 46.3 Å². The van der Waals surface area contributed by atoms with Gasteiger partial charge in [-0.05, 0) is 23.8 Å². The van der Waals surface area contributed by atoms with Crippen molar-refractivity contribution in [3.05, 3.63) is 34.7 Å². The highest BCUT2D eigenvalue weighted by Gasteiger charge is 2.31. The Morgan fingerprint density at radius 2 is 2.13 bits per heavy atom. The van der Waals surface area contributed by atoms with E-state index < -0.39 is 5.97 Å². The lowest BCUT2D eigenvalue weighted by atomic mass is 10.2. The molecule has 1 amide bonds. The number of ether oxygens (including phenoxy) is 1. The number of thiocarbonyl (C=S) groups is 1. The normalized spacial score (nSPS) is 15.8. The van der Waals surface area contributed by atoms with Crippen LogP contribution in [-0.4, -0.2) is 39.4 Å². The summed E-state index contributed by atoms with van der Waals surface area (Å²) in [4.78, 5) is 24.7. The van der Waals surface area contributed by atoms with E-state index in [0.29, 0.717) is 15.0 Å². The quantitative estimate of drug-likeness (QED) is 0.484. The highest BCUT2D eigenvalue weighted by Crippen LogP contribution is 2.32. The Bertz CT molecular complexity index is 704. The number of rotatable bonds is 6. The minimum Gasteiger partial charge on any atom is -0.481 e. The van der Waals surface area contributed by atoms with Crippen molar-refractivity contribution in [2.45, 2.75) is 6.42 Å². The zero-order valence-electron chi connectivity index (χ0n) is 12.0. The van der Waals surface area contributed by atoms with Gasteiger partial charge in [-0.15, -0.1) is 6.42 Å². The molecule has 118 valence electrons. The summed E-state index contributed by atoms with van der Waals surface area (Å²) in [5.74, 6) is 1.79. The average Bonchev–Trinajstić information content (AvgIpc) is 2.78. The number of carbonyl (C=O) groups excluding carboxylic acids is 1. The summed E-state index contributed by atoms with van der Waals surface area (Å²) in [5.41, 5.74) is 0.816. The van der Waals surface area contributed by atoms with E-state index in [1.807, 2.05) is 0 Å². The Balaban J connectivity index is 2.08. The summed E-state index contributed by atoms with van der Waals surface area (Å²) in [6, 6.07) is 7.12. The van der Waals surface area contributed by atoms with Crippen LogP contribution in [0, 0.1) is 12.3 Å². The Morgan fingerprint density at radius 3 is 2.74 bits per heavy atom. The van der Waals surface area contributed by atoms with Crippen molar-refractivity contribution in [3.63, 3.8) is 0 Å². The molecule has 2 rings (SSSR count). The largest absolute Gasteiger partial charge is 0.481 e. The topological polar surface area (TPSA) is 66.8 Å². The highest BCUT2D eigenvalue weighted by molar-refractivity contribution is 8.26. The van der Waals surface area contributed by atoms with E-state index in [9.17, 15) is 9.59 Å². The first kappa shape index (κ1) is 17.1. The van der Waals surface area contributed by atoms with Gasteiger partial charge in [0, 0.05) is 6.54 Å². The van der Waals surface area contributed by atoms with Gasteiger partial charge in [-0.3, -0.25) is 14.5 Å². The summed E-state index contributed by atoms with van der Waals surface area (Å²) in [6.07, 6.45) is 6.70. The van der Waals surface area contributed by atoms with Crippen LogP contribution in [0.3, 0.4) is 0 Å². The molecule has 0 spiro atoms. The van der Waals surface area contributed by atoms with E-state index in [4.69, 9.17) is 28.5 Å². The highest BCUT2D eigenvalue weighted by atomic mass is 32.2. The standard InChI is InChI=1S/C16H13NO4S2/c1-2-9-21-12-5-3-11(4-6-12)10-13-15(20)17(16(22)23-13)8-7-14(18)19/h1,3-6,10H,7-9H2,(H,18,19)/b13-10+. The van der Waals surface area contributed by atoms with Crippen molar-refractivity contribution in [3.8, 4) is 18.1 Å². The Hall–Kier alpha value is -2.30. The maximum absolute atomic E-state index is 12.3. The number of amides is 1. The van der Waals surface area contributed by atoms with Crippen LogP contribution in [0.5, 0.6) is 5.75 Å². The summed E-state index contributed by atoms with van der Waals surface area (Å²) in [5, 5.41) is 8.71. The summed E-state index contributed by atoms with van der Waals surface area (Å²) < 4.78 is 5.65. The smallest absolute Gasteiger partial charge is 0.305 e. The third-order valence-corrected chi connectivity index (χ3v) is 4.30. The van der Waals surface area contributed by atoms with E-state index in [-0.39, 0.29) is 25.5 Å². The van der Waals surface area contributed by atoms with Crippen molar-refractivity contribution < 1.29 is 19.4 Å². The molecule has 1 fully saturated rings. The zero-order chi connectivity index (χ0) is 16.8. The maximum Gasteiger partial charge on any atom is 0.305 e. The van der Waals surface area contributed by atoms with Crippen LogP contribution in [0.15, 0.2) is 29.2 Å². The van der Waals surface area contributed by atoms with Gasteiger partial charge in [-0.1, -0.05) is 42.0 Å². The monoisotopic (exact) mass is 347 g/mol. The molecule has 0 aliphatic carbocycles. The van der Waals surface area contributed by atoms with Gasteiger partial charge in [0.1, 0.15) is 16.7 Å². The Labute approximate surface area is 143 Å². The zero-order valence-corrected chi connectivity index (χ0v) is 13.7. The minimum atomic E-state index is -0.967. The first-order valence-corrected chi connectivity index (χ1v) is 7.87. The molecule has 0 aromatic heterocycles. The number of carboxylic acid groups (broad SMARTS) is 1. The van der Waals surface area contributed by atoms with E-state index in [1.165, 1.54) is 4.90 Å². The van der Waals surface area contributed by atoms with Gasteiger partial charge < -0.3 is 9.84 Å². The van der Waals surface area contributed by atoms with Gasteiger partial charge in [0.15, 0.2) is 0 Å². The van der Waals surface area contributed by atoms with Crippen LogP contribution in [0.4, 0.5) is 0 Å². The van der Waals surface area contributed by atoms with Gasteiger partial charge in [-0.25, -0.2) is 0 Å². The fourth-order valence-electron chi connectivity index (χ4n) is 1.84. The summed E-state index contributed by atoms with van der Waals surface area (Å²) >= 11 is 6.29. The third-order valence-electron chi connectivity index (χ3n) is 2.92. The minimum absolute atomic E-state index is 0.0796. The van der Waals surface area contributed by atoms with Crippen molar-refractivity contribution in [2.24, 2.45) is 0 Å². The SMILES string of the molecule is C#CCOc1ccc(/C=C2/SC(=S)N(CCC(=O)O)C2=O)cc1. The number of terminal acetylenes is 1. The number of benzene rings is 1. The van der Waals surface area contributed by atoms with Gasteiger partial charge in [-0.2, -0.15) is 0 Å².